The molecule has 2 N–H and O–H groups in total. The molecule has 3 heteroatoms. The highest BCUT2D eigenvalue weighted by molar-refractivity contribution is 9.10. The maximum absolute atomic E-state index is 13.4. The Morgan fingerprint density at radius 1 is 1.25 bits per heavy atom. The maximum Gasteiger partial charge on any atom is 0.124 e. The van der Waals surface area contributed by atoms with Crippen molar-refractivity contribution in [3.8, 4) is 0 Å². The molecule has 0 saturated heterocycles. The standard InChI is InChI=1S/C17H25BrFN/c1-2-3-12-4-6-14(7-5-12)17(20)10-13-8-15(18)11-16(19)9-13/h8-9,11-12,14,17H,2-7,10,20H2,1H3. The van der Waals surface area contributed by atoms with Gasteiger partial charge in [0.1, 0.15) is 5.82 Å². The Balaban J connectivity index is 1.87. The third-order valence-corrected chi connectivity index (χ3v) is 5.05. The van der Waals surface area contributed by atoms with Gasteiger partial charge in [0, 0.05) is 10.5 Å². The zero-order chi connectivity index (χ0) is 14.5. The Morgan fingerprint density at radius 3 is 2.55 bits per heavy atom. The molecular formula is C17H25BrFN. The molecule has 1 atom stereocenters. The van der Waals surface area contributed by atoms with Crippen LogP contribution in [-0.2, 0) is 6.42 Å². The molecule has 0 bridgehead atoms. The van der Waals surface area contributed by atoms with Crippen LogP contribution in [0.1, 0.15) is 51.0 Å². The summed E-state index contributed by atoms with van der Waals surface area (Å²) in [6.07, 6.45) is 8.54. The lowest BCUT2D eigenvalue weighted by Gasteiger charge is -2.32. The van der Waals surface area contributed by atoms with Gasteiger partial charge in [0.25, 0.3) is 0 Å². The lowest BCUT2D eigenvalue weighted by atomic mass is 9.76. The fourth-order valence-electron chi connectivity index (χ4n) is 3.48. The average Bonchev–Trinajstić information content (AvgIpc) is 2.38. The molecule has 2 rings (SSSR count). The summed E-state index contributed by atoms with van der Waals surface area (Å²) in [5.41, 5.74) is 7.36. The smallest absolute Gasteiger partial charge is 0.124 e. The van der Waals surface area contributed by atoms with E-state index in [1.54, 1.807) is 6.07 Å². The number of halogens is 2. The summed E-state index contributed by atoms with van der Waals surface area (Å²) in [5.74, 6) is 1.32. The summed E-state index contributed by atoms with van der Waals surface area (Å²) in [6.45, 7) is 2.26. The quantitative estimate of drug-likeness (QED) is 0.795. The van der Waals surface area contributed by atoms with Crippen molar-refractivity contribution in [1.29, 1.82) is 0 Å². The fourth-order valence-corrected chi connectivity index (χ4v) is 3.99. The minimum absolute atomic E-state index is 0.159. The Labute approximate surface area is 130 Å². The van der Waals surface area contributed by atoms with Crippen molar-refractivity contribution in [2.45, 2.75) is 57.9 Å². The molecule has 1 nitrogen and oxygen atoms in total. The van der Waals surface area contributed by atoms with Crippen LogP contribution in [0.5, 0.6) is 0 Å². The van der Waals surface area contributed by atoms with Crippen molar-refractivity contribution in [3.63, 3.8) is 0 Å². The molecule has 0 amide bonds. The monoisotopic (exact) mass is 341 g/mol. The van der Waals surface area contributed by atoms with Crippen LogP contribution in [0.25, 0.3) is 0 Å². The van der Waals surface area contributed by atoms with Gasteiger partial charge in [-0.3, -0.25) is 0 Å². The molecule has 0 spiro atoms. The largest absolute Gasteiger partial charge is 0.327 e. The van der Waals surface area contributed by atoms with E-state index < -0.39 is 0 Å². The Hall–Kier alpha value is -0.410. The first kappa shape index (κ1) is 16.0. The molecule has 1 aromatic carbocycles. The highest BCUT2D eigenvalue weighted by Gasteiger charge is 2.25. The van der Waals surface area contributed by atoms with Gasteiger partial charge in [0.15, 0.2) is 0 Å². The summed E-state index contributed by atoms with van der Waals surface area (Å²) in [5, 5.41) is 0. The molecule has 1 unspecified atom stereocenters. The highest BCUT2D eigenvalue weighted by Crippen LogP contribution is 2.33. The molecule has 0 aliphatic heterocycles. The second-order valence-electron chi connectivity index (χ2n) is 6.22. The van der Waals surface area contributed by atoms with Gasteiger partial charge in [-0.25, -0.2) is 4.39 Å². The van der Waals surface area contributed by atoms with Gasteiger partial charge in [-0.15, -0.1) is 0 Å². The molecule has 1 aromatic rings. The van der Waals surface area contributed by atoms with Gasteiger partial charge in [0.05, 0.1) is 0 Å². The Kier molecular flexibility index (Phi) is 6.03. The molecule has 0 aromatic heterocycles. The van der Waals surface area contributed by atoms with E-state index in [1.165, 1.54) is 44.6 Å². The van der Waals surface area contributed by atoms with Crippen LogP contribution in [0.3, 0.4) is 0 Å². The second kappa shape index (κ2) is 7.56. The zero-order valence-electron chi connectivity index (χ0n) is 12.2. The van der Waals surface area contributed by atoms with Gasteiger partial charge in [-0.2, -0.15) is 0 Å². The van der Waals surface area contributed by atoms with E-state index in [2.05, 4.69) is 22.9 Å². The first-order chi connectivity index (χ1) is 9.58. The van der Waals surface area contributed by atoms with Crippen LogP contribution in [0.4, 0.5) is 4.39 Å². The maximum atomic E-state index is 13.4. The van der Waals surface area contributed by atoms with E-state index >= 15 is 0 Å². The minimum atomic E-state index is -0.187. The minimum Gasteiger partial charge on any atom is -0.327 e. The molecular weight excluding hydrogens is 317 g/mol. The van der Waals surface area contributed by atoms with E-state index in [9.17, 15) is 4.39 Å². The van der Waals surface area contributed by atoms with Crippen LogP contribution in [0.15, 0.2) is 22.7 Å². The third kappa shape index (κ3) is 4.56. The number of nitrogens with two attached hydrogens (primary N) is 1. The van der Waals surface area contributed by atoms with Crippen molar-refractivity contribution in [1.82, 2.24) is 0 Å². The van der Waals surface area contributed by atoms with Gasteiger partial charge in [-0.1, -0.05) is 48.5 Å². The average molecular weight is 342 g/mol. The molecule has 1 aliphatic rings. The lowest BCUT2D eigenvalue weighted by Crippen LogP contribution is -2.35. The van der Waals surface area contributed by atoms with Crippen molar-refractivity contribution >= 4 is 15.9 Å². The summed E-state index contributed by atoms with van der Waals surface area (Å²) in [7, 11) is 0. The van der Waals surface area contributed by atoms with Gasteiger partial charge in [0.2, 0.25) is 0 Å². The molecule has 112 valence electrons. The van der Waals surface area contributed by atoms with Crippen molar-refractivity contribution < 1.29 is 4.39 Å². The Bertz CT molecular complexity index is 407. The number of benzene rings is 1. The van der Waals surface area contributed by atoms with Crippen LogP contribution >= 0.6 is 15.9 Å². The number of hydrogen-bond donors (Lipinski definition) is 1. The predicted octanol–water partition coefficient (Wildman–Crippen LogP) is 5.06. The van der Waals surface area contributed by atoms with Crippen molar-refractivity contribution in [2.24, 2.45) is 17.6 Å². The molecule has 20 heavy (non-hydrogen) atoms. The SMILES string of the molecule is CCCC1CCC(C(N)Cc2cc(F)cc(Br)c2)CC1. The molecule has 0 radical (unpaired) electrons. The normalized spacial score (nSPS) is 24.6. The van der Waals surface area contributed by atoms with E-state index in [0.29, 0.717) is 5.92 Å². The summed E-state index contributed by atoms with van der Waals surface area (Å²) in [6, 6.07) is 5.23. The molecule has 0 heterocycles. The van der Waals surface area contributed by atoms with Gasteiger partial charge >= 0.3 is 0 Å². The Morgan fingerprint density at radius 2 is 1.95 bits per heavy atom. The first-order valence-electron chi connectivity index (χ1n) is 7.79. The number of hydrogen-bond acceptors (Lipinski definition) is 1. The van der Waals surface area contributed by atoms with Crippen LogP contribution < -0.4 is 5.73 Å². The van der Waals surface area contributed by atoms with Gasteiger partial charge in [-0.05, 0) is 54.9 Å². The highest BCUT2D eigenvalue weighted by atomic mass is 79.9. The summed E-state index contributed by atoms with van der Waals surface area (Å²) >= 11 is 3.34. The first-order valence-corrected chi connectivity index (χ1v) is 8.58. The van der Waals surface area contributed by atoms with Gasteiger partial charge < -0.3 is 5.73 Å². The van der Waals surface area contributed by atoms with Crippen molar-refractivity contribution in [2.75, 3.05) is 0 Å². The van der Waals surface area contributed by atoms with Crippen LogP contribution in [-0.4, -0.2) is 6.04 Å². The van der Waals surface area contributed by atoms with E-state index in [-0.39, 0.29) is 11.9 Å². The van der Waals surface area contributed by atoms with Crippen molar-refractivity contribution in [3.05, 3.63) is 34.1 Å². The molecule has 1 saturated carbocycles. The topological polar surface area (TPSA) is 26.0 Å². The van der Waals surface area contributed by atoms with Crippen LogP contribution in [0.2, 0.25) is 0 Å². The zero-order valence-corrected chi connectivity index (χ0v) is 13.8. The predicted molar refractivity (Wildman–Crippen MR) is 86.1 cm³/mol. The second-order valence-corrected chi connectivity index (χ2v) is 7.13. The lowest BCUT2D eigenvalue weighted by molar-refractivity contribution is 0.232. The molecule has 1 fully saturated rings. The molecule has 1 aliphatic carbocycles. The van der Waals surface area contributed by atoms with E-state index in [1.807, 2.05) is 6.07 Å². The fraction of sp³-hybridized carbons (Fsp3) is 0.647. The van der Waals surface area contributed by atoms with E-state index in [4.69, 9.17) is 5.73 Å². The summed E-state index contributed by atoms with van der Waals surface area (Å²) in [4.78, 5) is 0. The van der Waals surface area contributed by atoms with E-state index in [0.717, 1.165) is 22.4 Å². The number of rotatable bonds is 5. The third-order valence-electron chi connectivity index (χ3n) is 4.59. The summed E-state index contributed by atoms with van der Waals surface area (Å²) < 4.78 is 14.2. The van der Waals surface area contributed by atoms with Crippen LogP contribution in [0, 0.1) is 17.7 Å².